The summed E-state index contributed by atoms with van der Waals surface area (Å²) in [5, 5.41) is 3.22. The monoisotopic (exact) mass is 384 g/mol. The maximum absolute atomic E-state index is 12.9. The fraction of sp³-hybridized carbons (Fsp3) is 0.300. The summed E-state index contributed by atoms with van der Waals surface area (Å²) >= 11 is 5.82. The predicted molar refractivity (Wildman–Crippen MR) is 105 cm³/mol. The number of halogens is 1. The average Bonchev–Trinajstić information content (AvgIpc) is 3.11. The molecule has 2 heterocycles. The van der Waals surface area contributed by atoms with Crippen LogP contribution in [0.5, 0.6) is 0 Å². The molecule has 2 aromatic rings. The van der Waals surface area contributed by atoms with E-state index in [0.717, 1.165) is 24.2 Å². The number of carbonyl (C=O) groups excluding carboxylic acids is 2. The number of hydrogen-bond acceptors (Lipinski definition) is 4. The summed E-state index contributed by atoms with van der Waals surface area (Å²) in [6.45, 7) is 6.69. The number of rotatable bonds is 5. The van der Waals surface area contributed by atoms with Gasteiger partial charge in [0.05, 0.1) is 5.02 Å². The highest BCUT2D eigenvalue weighted by Crippen LogP contribution is 2.24. The number of aromatic nitrogens is 2. The number of anilines is 1. The SMILES string of the molecule is C=CC(=O)Nc1ccc(C(=O)N2CC[C@@H](Cc3ncc(Cl)cn3)C2)c(C)c1. The number of amides is 2. The van der Waals surface area contributed by atoms with Crippen LogP contribution in [0, 0.1) is 12.8 Å². The van der Waals surface area contributed by atoms with Gasteiger partial charge >= 0.3 is 0 Å². The summed E-state index contributed by atoms with van der Waals surface area (Å²) in [6.07, 6.45) is 6.05. The molecule has 2 amide bonds. The Hall–Kier alpha value is -2.73. The van der Waals surface area contributed by atoms with Gasteiger partial charge in [0, 0.05) is 43.2 Å². The van der Waals surface area contributed by atoms with Crippen LogP contribution in [0.3, 0.4) is 0 Å². The third-order valence-electron chi connectivity index (χ3n) is 4.63. The van der Waals surface area contributed by atoms with Gasteiger partial charge in [-0.05, 0) is 49.1 Å². The maximum atomic E-state index is 12.9. The van der Waals surface area contributed by atoms with Gasteiger partial charge in [0.25, 0.3) is 5.91 Å². The smallest absolute Gasteiger partial charge is 0.254 e. The first kappa shape index (κ1) is 19.0. The minimum Gasteiger partial charge on any atom is -0.338 e. The van der Waals surface area contributed by atoms with E-state index in [1.165, 1.54) is 6.08 Å². The Balaban J connectivity index is 1.63. The molecule has 0 aliphatic carbocycles. The molecule has 1 aromatic carbocycles. The fourth-order valence-corrected chi connectivity index (χ4v) is 3.33. The summed E-state index contributed by atoms with van der Waals surface area (Å²) < 4.78 is 0. The molecular weight excluding hydrogens is 364 g/mol. The summed E-state index contributed by atoms with van der Waals surface area (Å²) in [4.78, 5) is 34.6. The largest absolute Gasteiger partial charge is 0.338 e. The molecule has 140 valence electrons. The van der Waals surface area contributed by atoms with E-state index in [1.54, 1.807) is 30.6 Å². The second-order valence-corrected chi connectivity index (χ2v) is 7.09. The molecule has 1 aliphatic heterocycles. The number of aryl methyl sites for hydroxylation is 1. The average molecular weight is 385 g/mol. The molecular formula is C20H21ClN4O2. The van der Waals surface area contributed by atoms with Crippen molar-refractivity contribution in [3.63, 3.8) is 0 Å². The van der Waals surface area contributed by atoms with Crippen molar-refractivity contribution < 1.29 is 9.59 Å². The van der Waals surface area contributed by atoms with Crippen molar-refractivity contribution in [2.24, 2.45) is 5.92 Å². The molecule has 1 fully saturated rings. The highest BCUT2D eigenvalue weighted by Gasteiger charge is 2.28. The lowest BCUT2D eigenvalue weighted by Gasteiger charge is -2.18. The lowest BCUT2D eigenvalue weighted by Crippen LogP contribution is -2.29. The standard InChI is InChI=1S/C20H21ClN4O2/c1-3-19(26)24-16-4-5-17(13(2)8-16)20(27)25-7-6-14(12-25)9-18-22-10-15(21)11-23-18/h3-5,8,10-11,14H,1,6-7,9,12H2,2H3,(H,24,26)/t14-/m0/s1. The molecule has 7 heteroatoms. The zero-order valence-electron chi connectivity index (χ0n) is 15.1. The molecule has 1 N–H and O–H groups in total. The van der Waals surface area contributed by atoms with Gasteiger partial charge in [0.2, 0.25) is 5.91 Å². The highest BCUT2D eigenvalue weighted by molar-refractivity contribution is 6.30. The maximum Gasteiger partial charge on any atom is 0.254 e. The van der Waals surface area contributed by atoms with Crippen molar-refractivity contribution >= 4 is 29.1 Å². The van der Waals surface area contributed by atoms with Gasteiger partial charge in [-0.2, -0.15) is 0 Å². The Morgan fingerprint density at radius 3 is 2.78 bits per heavy atom. The van der Waals surface area contributed by atoms with E-state index in [1.807, 2.05) is 11.8 Å². The van der Waals surface area contributed by atoms with Gasteiger partial charge in [-0.25, -0.2) is 9.97 Å². The van der Waals surface area contributed by atoms with E-state index in [9.17, 15) is 9.59 Å². The van der Waals surface area contributed by atoms with Gasteiger partial charge in [-0.3, -0.25) is 9.59 Å². The third kappa shape index (κ3) is 4.71. The second kappa shape index (κ2) is 8.31. The van der Waals surface area contributed by atoms with Crippen LogP contribution in [0.1, 0.15) is 28.2 Å². The minimum absolute atomic E-state index is 0.00798. The molecule has 27 heavy (non-hydrogen) atoms. The molecule has 0 unspecified atom stereocenters. The number of nitrogens with one attached hydrogen (secondary N) is 1. The van der Waals surface area contributed by atoms with Crippen molar-refractivity contribution in [2.75, 3.05) is 18.4 Å². The van der Waals surface area contributed by atoms with Crippen LogP contribution in [0.15, 0.2) is 43.2 Å². The lowest BCUT2D eigenvalue weighted by molar-refractivity contribution is -0.111. The van der Waals surface area contributed by atoms with Crippen molar-refractivity contribution in [3.8, 4) is 0 Å². The minimum atomic E-state index is -0.278. The molecule has 0 bridgehead atoms. The molecule has 3 rings (SSSR count). The Labute approximate surface area is 163 Å². The van der Waals surface area contributed by atoms with Crippen LogP contribution in [0.25, 0.3) is 0 Å². The zero-order chi connectivity index (χ0) is 19.4. The topological polar surface area (TPSA) is 75.2 Å². The number of carbonyl (C=O) groups is 2. The van der Waals surface area contributed by atoms with E-state index >= 15 is 0 Å². The van der Waals surface area contributed by atoms with Crippen molar-refractivity contribution in [1.29, 1.82) is 0 Å². The number of benzene rings is 1. The van der Waals surface area contributed by atoms with Crippen LogP contribution in [-0.4, -0.2) is 39.8 Å². The Morgan fingerprint density at radius 1 is 1.37 bits per heavy atom. The van der Waals surface area contributed by atoms with Gasteiger partial charge in [-0.15, -0.1) is 0 Å². The van der Waals surface area contributed by atoms with Crippen LogP contribution in [-0.2, 0) is 11.2 Å². The quantitative estimate of drug-likeness (QED) is 0.803. The van der Waals surface area contributed by atoms with Crippen molar-refractivity contribution in [1.82, 2.24) is 14.9 Å². The van der Waals surface area contributed by atoms with Crippen LogP contribution >= 0.6 is 11.6 Å². The normalized spacial score (nSPS) is 16.2. The van der Waals surface area contributed by atoms with E-state index in [-0.39, 0.29) is 11.8 Å². The fourth-order valence-electron chi connectivity index (χ4n) is 3.23. The molecule has 1 saturated heterocycles. The van der Waals surface area contributed by atoms with E-state index < -0.39 is 0 Å². The molecule has 0 saturated carbocycles. The first-order valence-electron chi connectivity index (χ1n) is 8.76. The first-order valence-corrected chi connectivity index (χ1v) is 9.14. The van der Waals surface area contributed by atoms with Gasteiger partial charge in [0.15, 0.2) is 0 Å². The van der Waals surface area contributed by atoms with Crippen LogP contribution < -0.4 is 5.32 Å². The van der Waals surface area contributed by atoms with E-state index in [2.05, 4.69) is 21.9 Å². The predicted octanol–water partition coefficient (Wildman–Crippen LogP) is 3.27. The summed E-state index contributed by atoms with van der Waals surface area (Å²) in [6, 6.07) is 5.28. The number of nitrogens with zero attached hydrogens (tertiary/aromatic N) is 3. The Morgan fingerprint density at radius 2 is 2.11 bits per heavy atom. The molecule has 0 radical (unpaired) electrons. The summed E-state index contributed by atoms with van der Waals surface area (Å²) in [5.74, 6) is 0.813. The van der Waals surface area contributed by atoms with Crippen LogP contribution in [0.2, 0.25) is 5.02 Å². The summed E-state index contributed by atoms with van der Waals surface area (Å²) in [5.41, 5.74) is 2.12. The number of likely N-dealkylation sites (tertiary alicyclic amines) is 1. The molecule has 1 atom stereocenters. The molecule has 0 spiro atoms. The van der Waals surface area contributed by atoms with E-state index in [4.69, 9.17) is 11.6 Å². The summed E-state index contributed by atoms with van der Waals surface area (Å²) in [7, 11) is 0. The Kier molecular flexibility index (Phi) is 5.86. The molecule has 1 aliphatic rings. The molecule has 1 aromatic heterocycles. The lowest BCUT2D eigenvalue weighted by atomic mass is 10.0. The molecule has 6 nitrogen and oxygen atoms in total. The van der Waals surface area contributed by atoms with Crippen molar-refractivity contribution in [3.05, 3.63) is 65.2 Å². The van der Waals surface area contributed by atoms with E-state index in [0.29, 0.717) is 35.3 Å². The number of hydrogen-bond donors (Lipinski definition) is 1. The Bertz CT molecular complexity index is 867. The highest BCUT2D eigenvalue weighted by atomic mass is 35.5. The van der Waals surface area contributed by atoms with Gasteiger partial charge in [-0.1, -0.05) is 18.2 Å². The second-order valence-electron chi connectivity index (χ2n) is 6.65. The van der Waals surface area contributed by atoms with Gasteiger partial charge in [0.1, 0.15) is 5.82 Å². The van der Waals surface area contributed by atoms with Crippen molar-refractivity contribution in [2.45, 2.75) is 19.8 Å². The third-order valence-corrected chi connectivity index (χ3v) is 4.82. The zero-order valence-corrected chi connectivity index (χ0v) is 15.9. The van der Waals surface area contributed by atoms with Crippen LogP contribution in [0.4, 0.5) is 5.69 Å². The first-order chi connectivity index (χ1) is 13.0. The van der Waals surface area contributed by atoms with Gasteiger partial charge < -0.3 is 10.2 Å².